The number of hydrogen-bond donors (Lipinski definition) is 1. The standard InChI is InChI=1S/C9H12FN3O/c1-3-4-5-14-8-7(10)6-12-9(11-2)13-8/h3,6H,1,4-5H2,2H3,(H,11,12,13). The molecule has 0 aliphatic rings. The van der Waals surface area contributed by atoms with Crippen LogP contribution in [0.2, 0.25) is 0 Å². The van der Waals surface area contributed by atoms with Gasteiger partial charge in [-0.2, -0.15) is 9.37 Å². The van der Waals surface area contributed by atoms with Crippen molar-refractivity contribution >= 4 is 5.95 Å². The number of hydrogen-bond acceptors (Lipinski definition) is 4. The van der Waals surface area contributed by atoms with Crippen LogP contribution in [0.3, 0.4) is 0 Å². The van der Waals surface area contributed by atoms with Crippen molar-refractivity contribution in [2.75, 3.05) is 19.0 Å². The van der Waals surface area contributed by atoms with Crippen LogP contribution < -0.4 is 10.1 Å². The molecule has 1 aromatic heterocycles. The van der Waals surface area contributed by atoms with Crippen LogP contribution in [0.15, 0.2) is 18.9 Å². The van der Waals surface area contributed by atoms with E-state index in [0.29, 0.717) is 19.0 Å². The molecule has 1 N–H and O–H groups in total. The van der Waals surface area contributed by atoms with Crippen molar-refractivity contribution in [3.63, 3.8) is 0 Å². The molecule has 76 valence electrons. The number of halogens is 1. The minimum absolute atomic E-state index is 0.0359. The SMILES string of the molecule is C=CCCOc1nc(NC)ncc1F. The Morgan fingerprint density at radius 2 is 2.50 bits per heavy atom. The molecule has 1 aromatic rings. The molecule has 0 fully saturated rings. The first kappa shape index (κ1) is 10.4. The van der Waals surface area contributed by atoms with Gasteiger partial charge in [-0.3, -0.25) is 0 Å². The predicted octanol–water partition coefficient (Wildman–Crippen LogP) is 1.61. The predicted molar refractivity (Wildman–Crippen MR) is 51.8 cm³/mol. The summed E-state index contributed by atoms with van der Waals surface area (Å²) in [5, 5.41) is 2.70. The highest BCUT2D eigenvalue weighted by Gasteiger charge is 2.06. The third-order valence-electron chi connectivity index (χ3n) is 1.50. The number of nitrogens with zero attached hydrogens (tertiary/aromatic N) is 2. The number of anilines is 1. The van der Waals surface area contributed by atoms with Crippen molar-refractivity contribution in [2.24, 2.45) is 0 Å². The molecule has 0 spiro atoms. The smallest absolute Gasteiger partial charge is 0.255 e. The van der Waals surface area contributed by atoms with Crippen molar-refractivity contribution < 1.29 is 9.13 Å². The van der Waals surface area contributed by atoms with Gasteiger partial charge in [0.2, 0.25) is 11.8 Å². The summed E-state index contributed by atoms with van der Waals surface area (Å²) in [6.07, 6.45) is 3.42. The maximum Gasteiger partial charge on any atom is 0.255 e. The second-order valence-electron chi connectivity index (χ2n) is 2.52. The van der Waals surface area contributed by atoms with Crippen LogP contribution in [-0.4, -0.2) is 23.6 Å². The van der Waals surface area contributed by atoms with Gasteiger partial charge < -0.3 is 10.1 Å². The minimum atomic E-state index is -0.562. The van der Waals surface area contributed by atoms with E-state index in [0.717, 1.165) is 6.20 Å². The fourth-order valence-electron chi connectivity index (χ4n) is 0.812. The van der Waals surface area contributed by atoms with Crippen LogP contribution in [0.1, 0.15) is 6.42 Å². The lowest BCUT2D eigenvalue weighted by molar-refractivity contribution is 0.294. The van der Waals surface area contributed by atoms with Gasteiger partial charge in [-0.1, -0.05) is 6.08 Å². The van der Waals surface area contributed by atoms with E-state index in [1.807, 2.05) is 0 Å². The molecule has 0 atom stereocenters. The van der Waals surface area contributed by atoms with E-state index in [2.05, 4.69) is 21.9 Å². The maximum absolute atomic E-state index is 13.0. The topological polar surface area (TPSA) is 47.0 Å². The first-order chi connectivity index (χ1) is 6.77. The Morgan fingerprint density at radius 1 is 1.71 bits per heavy atom. The van der Waals surface area contributed by atoms with Crippen LogP contribution in [-0.2, 0) is 0 Å². The molecule has 0 unspecified atom stereocenters. The molecule has 0 saturated heterocycles. The highest BCUT2D eigenvalue weighted by atomic mass is 19.1. The summed E-state index contributed by atoms with van der Waals surface area (Å²) in [7, 11) is 1.65. The maximum atomic E-state index is 13.0. The molecule has 0 aromatic carbocycles. The highest BCUT2D eigenvalue weighted by molar-refractivity contribution is 5.27. The van der Waals surface area contributed by atoms with Crippen LogP contribution in [0, 0.1) is 5.82 Å². The van der Waals surface area contributed by atoms with E-state index in [9.17, 15) is 4.39 Å². The third kappa shape index (κ3) is 2.69. The minimum Gasteiger partial charge on any atom is -0.475 e. The van der Waals surface area contributed by atoms with Crippen molar-refractivity contribution in [3.8, 4) is 5.88 Å². The van der Waals surface area contributed by atoms with Gasteiger partial charge in [0.15, 0.2) is 0 Å². The first-order valence-corrected chi connectivity index (χ1v) is 4.22. The molecule has 1 rings (SSSR count). The molecular formula is C9H12FN3O. The van der Waals surface area contributed by atoms with E-state index in [-0.39, 0.29) is 5.88 Å². The lowest BCUT2D eigenvalue weighted by Gasteiger charge is -2.05. The Hall–Kier alpha value is -1.65. The molecule has 0 saturated carbocycles. The van der Waals surface area contributed by atoms with Gasteiger partial charge in [-0.05, 0) is 6.42 Å². The summed E-state index contributed by atoms with van der Waals surface area (Å²) < 4.78 is 18.1. The second-order valence-corrected chi connectivity index (χ2v) is 2.52. The van der Waals surface area contributed by atoms with Gasteiger partial charge >= 0.3 is 0 Å². The Labute approximate surface area is 81.8 Å². The zero-order valence-electron chi connectivity index (χ0n) is 7.96. The molecule has 0 bridgehead atoms. The van der Waals surface area contributed by atoms with Gasteiger partial charge in [0, 0.05) is 7.05 Å². The van der Waals surface area contributed by atoms with Gasteiger partial charge in [0.05, 0.1) is 12.8 Å². The van der Waals surface area contributed by atoms with Crippen molar-refractivity contribution in [1.29, 1.82) is 0 Å². The summed E-state index contributed by atoms with van der Waals surface area (Å²) >= 11 is 0. The Kier molecular flexibility index (Phi) is 3.84. The summed E-state index contributed by atoms with van der Waals surface area (Å²) in [6, 6.07) is 0. The second kappa shape index (κ2) is 5.16. The Morgan fingerprint density at radius 3 is 3.14 bits per heavy atom. The van der Waals surface area contributed by atoms with Crippen LogP contribution >= 0.6 is 0 Å². The zero-order valence-corrected chi connectivity index (χ0v) is 7.96. The number of ether oxygens (including phenoxy) is 1. The normalized spacial score (nSPS) is 9.57. The summed E-state index contributed by atoms with van der Waals surface area (Å²) in [5.41, 5.74) is 0. The van der Waals surface area contributed by atoms with E-state index < -0.39 is 5.82 Å². The van der Waals surface area contributed by atoms with Crippen LogP contribution in [0.25, 0.3) is 0 Å². The van der Waals surface area contributed by atoms with Crippen molar-refractivity contribution in [1.82, 2.24) is 9.97 Å². The molecule has 1 heterocycles. The average Bonchev–Trinajstić information content (AvgIpc) is 2.21. The lowest BCUT2D eigenvalue weighted by atomic mass is 10.4. The Bertz CT molecular complexity index is 317. The van der Waals surface area contributed by atoms with Gasteiger partial charge in [-0.25, -0.2) is 4.98 Å². The van der Waals surface area contributed by atoms with Crippen molar-refractivity contribution in [2.45, 2.75) is 6.42 Å². The summed E-state index contributed by atoms with van der Waals surface area (Å²) in [4.78, 5) is 7.50. The monoisotopic (exact) mass is 197 g/mol. The molecule has 0 aliphatic heterocycles. The Balaban J connectivity index is 2.68. The molecular weight excluding hydrogens is 185 g/mol. The first-order valence-electron chi connectivity index (χ1n) is 4.22. The average molecular weight is 197 g/mol. The van der Waals surface area contributed by atoms with Crippen LogP contribution in [0.5, 0.6) is 5.88 Å². The molecule has 0 radical (unpaired) electrons. The summed E-state index contributed by atoms with van der Waals surface area (Å²) in [5.74, 6) is -0.265. The molecule has 4 nitrogen and oxygen atoms in total. The quantitative estimate of drug-likeness (QED) is 0.575. The number of rotatable bonds is 5. The highest BCUT2D eigenvalue weighted by Crippen LogP contribution is 2.14. The fourth-order valence-corrected chi connectivity index (χ4v) is 0.812. The van der Waals surface area contributed by atoms with E-state index >= 15 is 0 Å². The molecule has 0 aliphatic carbocycles. The van der Waals surface area contributed by atoms with Crippen molar-refractivity contribution in [3.05, 3.63) is 24.7 Å². The summed E-state index contributed by atoms with van der Waals surface area (Å²) in [6.45, 7) is 3.89. The van der Waals surface area contributed by atoms with Gasteiger partial charge in [-0.15, -0.1) is 6.58 Å². The molecule has 5 heteroatoms. The fraction of sp³-hybridized carbons (Fsp3) is 0.333. The third-order valence-corrected chi connectivity index (χ3v) is 1.50. The number of nitrogens with one attached hydrogen (secondary N) is 1. The molecule has 14 heavy (non-hydrogen) atoms. The number of aromatic nitrogens is 2. The van der Waals surface area contributed by atoms with Crippen LogP contribution in [0.4, 0.5) is 10.3 Å². The largest absolute Gasteiger partial charge is 0.475 e. The van der Waals surface area contributed by atoms with E-state index in [1.54, 1.807) is 13.1 Å². The van der Waals surface area contributed by atoms with Gasteiger partial charge in [0.1, 0.15) is 0 Å². The van der Waals surface area contributed by atoms with Gasteiger partial charge in [0.25, 0.3) is 5.88 Å². The lowest BCUT2D eigenvalue weighted by Crippen LogP contribution is -2.04. The van der Waals surface area contributed by atoms with E-state index in [1.165, 1.54) is 0 Å². The molecule has 0 amide bonds. The van der Waals surface area contributed by atoms with E-state index in [4.69, 9.17) is 4.74 Å². The zero-order chi connectivity index (χ0) is 10.4.